The minimum absolute atomic E-state index is 0.477. The van der Waals surface area contributed by atoms with Crippen molar-refractivity contribution in [1.29, 1.82) is 0 Å². The summed E-state index contributed by atoms with van der Waals surface area (Å²) in [6.07, 6.45) is 8.46. The minimum Gasteiger partial charge on any atom is -0.376 e. The largest absolute Gasteiger partial charge is 0.376 e. The number of nitrogens with zero attached hydrogens (tertiary/aromatic N) is 2. The van der Waals surface area contributed by atoms with Crippen molar-refractivity contribution in [1.82, 2.24) is 9.97 Å². The van der Waals surface area contributed by atoms with Gasteiger partial charge in [0.2, 0.25) is 5.95 Å². The van der Waals surface area contributed by atoms with Crippen LogP contribution in [0.3, 0.4) is 0 Å². The van der Waals surface area contributed by atoms with Crippen LogP contribution in [0.15, 0.2) is 6.20 Å². The Kier molecular flexibility index (Phi) is 6.05. The fourth-order valence-corrected chi connectivity index (χ4v) is 2.39. The number of ether oxygens (including phenoxy) is 1. The lowest BCUT2D eigenvalue weighted by Gasteiger charge is -2.13. The van der Waals surface area contributed by atoms with Gasteiger partial charge in [-0.2, -0.15) is 4.98 Å². The number of aryl methyl sites for hydroxylation is 1. The van der Waals surface area contributed by atoms with E-state index >= 15 is 0 Å². The van der Waals surface area contributed by atoms with Crippen LogP contribution in [-0.4, -0.2) is 35.8 Å². The molecule has 0 saturated heterocycles. The summed E-state index contributed by atoms with van der Waals surface area (Å²) in [6, 6.07) is 0. The minimum atomic E-state index is 0.477. The monoisotopic (exact) mass is 278 g/mol. The molecule has 0 aliphatic heterocycles. The number of nitrogens with one attached hydrogen (secondary N) is 2. The highest BCUT2D eigenvalue weighted by molar-refractivity contribution is 5.46. The lowest BCUT2D eigenvalue weighted by Crippen LogP contribution is -2.17. The molecular weight excluding hydrogens is 252 g/mol. The molecule has 0 spiro atoms. The van der Waals surface area contributed by atoms with Crippen LogP contribution in [0.4, 0.5) is 11.8 Å². The molecule has 0 amide bonds. The van der Waals surface area contributed by atoms with Gasteiger partial charge in [0, 0.05) is 24.8 Å². The van der Waals surface area contributed by atoms with E-state index in [1.807, 2.05) is 13.1 Å². The molecule has 1 fully saturated rings. The zero-order valence-corrected chi connectivity index (χ0v) is 12.6. The molecule has 1 aromatic heterocycles. The van der Waals surface area contributed by atoms with Crippen LogP contribution in [0.25, 0.3) is 0 Å². The predicted molar refractivity (Wildman–Crippen MR) is 82.2 cm³/mol. The van der Waals surface area contributed by atoms with Gasteiger partial charge in [-0.1, -0.05) is 19.8 Å². The first-order valence-electron chi connectivity index (χ1n) is 7.72. The third kappa shape index (κ3) is 4.63. The maximum Gasteiger partial charge on any atom is 0.224 e. The maximum absolute atomic E-state index is 5.84. The molecule has 0 atom stereocenters. The van der Waals surface area contributed by atoms with E-state index in [0.29, 0.717) is 12.1 Å². The van der Waals surface area contributed by atoms with E-state index in [0.717, 1.165) is 37.5 Å². The van der Waals surface area contributed by atoms with Crippen LogP contribution < -0.4 is 10.6 Å². The second-order valence-electron chi connectivity index (χ2n) is 5.36. The average molecular weight is 278 g/mol. The first-order chi connectivity index (χ1) is 9.79. The van der Waals surface area contributed by atoms with Crippen molar-refractivity contribution >= 4 is 11.8 Å². The van der Waals surface area contributed by atoms with Gasteiger partial charge in [0.15, 0.2) is 0 Å². The second-order valence-corrected chi connectivity index (χ2v) is 5.36. The molecule has 5 heteroatoms. The number of rotatable bonds is 8. The van der Waals surface area contributed by atoms with Gasteiger partial charge >= 0.3 is 0 Å². The van der Waals surface area contributed by atoms with Gasteiger partial charge in [0.1, 0.15) is 5.82 Å². The van der Waals surface area contributed by atoms with Crippen LogP contribution >= 0.6 is 0 Å². The zero-order valence-electron chi connectivity index (χ0n) is 12.6. The fourth-order valence-electron chi connectivity index (χ4n) is 2.39. The first kappa shape index (κ1) is 15.0. The quantitative estimate of drug-likeness (QED) is 0.716. The number of anilines is 2. The van der Waals surface area contributed by atoms with Crippen molar-refractivity contribution in [2.45, 2.75) is 52.1 Å². The van der Waals surface area contributed by atoms with Crippen molar-refractivity contribution in [3.05, 3.63) is 11.8 Å². The summed E-state index contributed by atoms with van der Waals surface area (Å²) in [5.74, 6) is 1.59. The molecule has 1 saturated carbocycles. The molecule has 0 unspecified atom stereocenters. The number of hydrogen-bond donors (Lipinski definition) is 2. The Morgan fingerprint density at radius 2 is 2.05 bits per heavy atom. The fraction of sp³-hybridized carbons (Fsp3) is 0.733. The van der Waals surface area contributed by atoms with Gasteiger partial charge in [-0.25, -0.2) is 4.98 Å². The standard InChI is InChI=1S/C15H26N4O/c1-3-8-17-15-18-11-12(2)14(19-15)16-9-10-20-13-6-4-5-7-13/h11,13H,3-10H2,1-2H3,(H2,16,17,18,19). The van der Waals surface area contributed by atoms with Crippen LogP contribution in [0.5, 0.6) is 0 Å². The zero-order chi connectivity index (χ0) is 14.2. The van der Waals surface area contributed by atoms with Gasteiger partial charge in [-0.05, 0) is 26.2 Å². The van der Waals surface area contributed by atoms with Gasteiger partial charge in [-0.3, -0.25) is 0 Å². The molecule has 2 rings (SSSR count). The summed E-state index contributed by atoms with van der Waals surface area (Å²) in [4.78, 5) is 8.76. The summed E-state index contributed by atoms with van der Waals surface area (Å²) < 4.78 is 5.84. The highest BCUT2D eigenvalue weighted by Crippen LogP contribution is 2.20. The molecule has 1 heterocycles. The van der Waals surface area contributed by atoms with E-state index in [-0.39, 0.29) is 0 Å². The summed E-state index contributed by atoms with van der Waals surface area (Å²) in [7, 11) is 0. The third-order valence-electron chi connectivity index (χ3n) is 3.56. The Bertz CT molecular complexity index is 405. The van der Waals surface area contributed by atoms with Gasteiger partial charge < -0.3 is 15.4 Å². The van der Waals surface area contributed by atoms with Crippen LogP contribution in [0, 0.1) is 6.92 Å². The Hall–Kier alpha value is -1.36. The smallest absolute Gasteiger partial charge is 0.224 e. The van der Waals surface area contributed by atoms with Gasteiger partial charge in [-0.15, -0.1) is 0 Å². The molecule has 1 aliphatic rings. The van der Waals surface area contributed by atoms with E-state index in [9.17, 15) is 0 Å². The van der Waals surface area contributed by atoms with E-state index < -0.39 is 0 Å². The van der Waals surface area contributed by atoms with Crippen molar-refractivity contribution in [2.75, 3.05) is 30.3 Å². The predicted octanol–water partition coefficient (Wildman–Crippen LogP) is 2.98. The molecule has 2 N–H and O–H groups in total. The van der Waals surface area contributed by atoms with E-state index in [2.05, 4.69) is 27.5 Å². The Morgan fingerprint density at radius 1 is 1.25 bits per heavy atom. The summed E-state index contributed by atoms with van der Waals surface area (Å²) in [6.45, 7) is 6.57. The van der Waals surface area contributed by atoms with E-state index in [4.69, 9.17) is 4.74 Å². The summed E-state index contributed by atoms with van der Waals surface area (Å²) in [5, 5.41) is 6.54. The Morgan fingerprint density at radius 3 is 2.80 bits per heavy atom. The highest BCUT2D eigenvalue weighted by Gasteiger charge is 2.14. The Balaban J connectivity index is 1.75. The second kappa shape index (κ2) is 8.04. The van der Waals surface area contributed by atoms with Crippen LogP contribution in [0.2, 0.25) is 0 Å². The normalized spacial score (nSPS) is 15.5. The topological polar surface area (TPSA) is 59.1 Å². The van der Waals surface area contributed by atoms with Gasteiger partial charge in [0.05, 0.1) is 12.7 Å². The number of aromatic nitrogens is 2. The lowest BCUT2D eigenvalue weighted by atomic mass is 10.3. The Labute approximate surface area is 121 Å². The highest BCUT2D eigenvalue weighted by atomic mass is 16.5. The molecular formula is C15H26N4O. The third-order valence-corrected chi connectivity index (χ3v) is 3.56. The molecule has 0 radical (unpaired) electrons. The van der Waals surface area contributed by atoms with Crippen molar-refractivity contribution in [3.63, 3.8) is 0 Å². The van der Waals surface area contributed by atoms with E-state index in [1.54, 1.807) is 0 Å². The van der Waals surface area contributed by atoms with Crippen molar-refractivity contribution in [3.8, 4) is 0 Å². The molecule has 20 heavy (non-hydrogen) atoms. The molecule has 5 nitrogen and oxygen atoms in total. The average Bonchev–Trinajstić information content (AvgIpc) is 2.97. The summed E-state index contributed by atoms with van der Waals surface area (Å²) in [5.41, 5.74) is 1.06. The SMILES string of the molecule is CCCNc1ncc(C)c(NCCOC2CCCC2)n1. The van der Waals surface area contributed by atoms with Crippen LogP contribution in [0.1, 0.15) is 44.6 Å². The molecule has 1 aliphatic carbocycles. The van der Waals surface area contributed by atoms with Gasteiger partial charge in [0.25, 0.3) is 0 Å². The molecule has 0 aromatic carbocycles. The maximum atomic E-state index is 5.84. The summed E-state index contributed by atoms with van der Waals surface area (Å²) >= 11 is 0. The lowest BCUT2D eigenvalue weighted by molar-refractivity contribution is 0.0658. The molecule has 112 valence electrons. The van der Waals surface area contributed by atoms with Crippen molar-refractivity contribution < 1.29 is 4.74 Å². The van der Waals surface area contributed by atoms with E-state index in [1.165, 1.54) is 25.7 Å². The van der Waals surface area contributed by atoms with Crippen molar-refractivity contribution in [2.24, 2.45) is 0 Å². The number of hydrogen-bond acceptors (Lipinski definition) is 5. The molecule has 0 bridgehead atoms. The molecule has 1 aromatic rings. The van der Waals surface area contributed by atoms with Crippen LogP contribution in [-0.2, 0) is 4.74 Å². The first-order valence-corrected chi connectivity index (χ1v) is 7.72.